The average molecular weight is 412 g/mol. The van der Waals surface area contributed by atoms with Gasteiger partial charge in [-0.1, -0.05) is 18.2 Å². The van der Waals surface area contributed by atoms with Crippen LogP contribution < -0.4 is 15.5 Å². The summed E-state index contributed by atoms with van der Waals surface area (Å²) in [5, 5.41) is 7.85. The minimum absolute atomic E-state index is 0.116. The van der Waals surface area contributed by atoms with Crippen LogP contribution in [-0.2, 0) is 17.8 Å². The Morgan fingerprint density at radius 3 is 2.83 bits per heavy atom. The van der Waals surface area contributed by atoms with Gasteiger partial charge in [-0.2, -0.15) is 4.98 Å². The Morgan fingerprint density at radius 1 is 1.28 bits per heavy atom. The summed E-state index contributed by atoms with van der Waals surface area (Å²) in [6, 6.07) is 8.36. The number of nitrogens with zero attached hydrogens (tertiary/aromatic N) is 4. The standard InChI is InChI=1S/C20H21FN6OS/c1-22-17-6-7-23-19(26-17)27-11-20(12-27,8-14-4-2-3-5-16(14)21)18(28)24-9-15-10-29-13-25-15/h2-7,10,13H,8-9,11-12H2,1H3,(H,24,28)(H,22,23,26). The van der Waals surface area contributed by atoms with E-state index in [1.54, 1.807) is 43.0 Å². The molecule has 2 N–H and O–H groups in total. The number of rotatable bonds is 7. The van der Waals surface area contributed by atoms with Crippen LogP contribution in [0.1, 0.15) is 11.3 Å². The number of thiazole rings is 1. The van der Waals surface area contributed by atoms with E-state index in [1.165, 1.54) is 17.4 Å². The molecular formula is C20H21FN6OS. The van der Waals surface area contributed by atoms with Gasteiger partial charge in [0.05, 0.1) is 23.2 Å². The van der Waals surface area contributed by atoms with Crippen molar-refractivity contribution < 1.29 is 9.18 Å². The van der Waals surface area contributed by atoms with Gasteiger partial charge in [0, 0.05) is 31.7 Å². The molecule has 1 amide bonds. The maximum atomic E-state index is 14.3. The Balaban J connectivity index is 1.53. The number of aromatic nitrogens is 3. The van der Waals surface area contributed by atoms with Crippen LogP contribution in [0.2, 0.25) is 0 Å². The molecule has 1 fully saturated rings. The molecule has 3 aromatic rings. The van der Waals surface area contributed by atoms with Crippen molar-refractivity contribution in [1.82, 2.24) is 20.3 Å². The molecule has 4 rings (SSSR count). The lowest BCUT2D eigenvalue weighted by atomic mass is 9.73. The fourth-order valence-electron chi connectivity index (χ4n) is 3.49. The Labute approximate surface area is 172 Å². The van der Waals surface area contributed by atoms with Crippen molar-refractivity contribution in [3.63, 3.8) is 0 Å². The number of hydrogen-bond acceptors (Lipinski definition) is 7. The predicted octanol–water partition coefficient (Wildman–Crippen LogP) is 2.48. The third kappa shape index (κ3) is 4.04. The quantitative estimate of drug-likeness (QED) is 0.620. The molecule has 150 valence electrons. The molecule has 2 aromatic heterocycles. The first-order valence-electron chi connectivity index (χ1n) is 9.24. The summed E-state index contributed by atoms with van der Waals surface area (Å²) in [6.07, 6.45) is 1.98. The zero-order valence-corrected chi connectivity index (χ0v) is 16.7. The Kier molecular flexibility index (Phi) is 5.39. The van der Waals surface area contributed by atoms with Crippen molar-refractivity contribution in [1.29, 1.82) is 0 Å². The van der Waals surface area contributed by atoms with Gasteiger partial charge in [-0.25, -0.2) is 14.4 Å². The highest BCUT2D eigenvalue weighted by Gasteiger charge is 2.50. The molecule has 0 spiro atoms. The van der Waals surface area contributed by atoms with E-state index in [0.29, 0.717) is 43.4 Å². The van der Waals surface area contributed by atoms with Crippen LogP contribution in [0.15, 0.2) is 47.4 Å². The lowest BCUT2D eigenvalue weighted by Gasteiger charge is -2.49. The first kappa shape index (κ1) is 19.3. The van der Waals surface area contributed by atoms with Gasteiger partial charge in [0.1, 0.15) is 11.6 Å². The van der Waals surface area contributed by atoms with Crippen LogP contribution in [0.3, 0.4) is 0 Å². The van der Waals surface area contributed by atoms with E-state index in [2.05, 4.69) is 25.6 Å². The normalized spacial score (nSPS) is 14.9. The molecule has 0 aliphatic carbocycles. The fraction of sp³-hybridized carbons (Fsp3) is 0.300. The molecule has 1 aliphatic heterocycles. The minimum Gasteiger partial charge on any atom is -0.373 e. The summed E-state index contributed by atoms with van der Waals surface area (Å²) in [6.45, 7) is 1.18. The van der Waals surface area contributed by atoms with E-state index in [-0.39, 0.29) is 11.7 Å². The topological polar surface area (TPSA) is 83.0 Å². The van der Waals surface area contributed by atoms with E-state index < -0.39 is 5.41 Å². The van der Waals surface area contributed by atoms with E-state index in [9.17, 15) is 9.18 Å². The van der Waals surface area contributed by atoms with Gasteiger partial charge in [0.15, 0.2) is 0 Å². The van der Waals surface area contributed by atoms with Crippen molar-refractivity contribution in [2.45, 2.75) is 13.0 Å². The zero-order chi connectivity index (χ0) is 20.3. The number of nitrogens with one attached hydrogen (secondary N) is 2. The molecule has 9 heteroatoms. The van der Waals surface area contributed by atoms with E-state index in [1.807, 2.05) is 10.3 Å². The Morgan fingerprint density at radius 2 is 2.10 bits per heavy atom. The largest absolute Gasteiger partial charge is 0.373 e. The smallest absolute Gasteiger partial charge is 0.230 e. The lowest BCUT2D eigenvalue weighted by Crippen LogP contribution is -2.65. The lowest BCUT2D eigenvalue weighted by molar-refractivity contribution is -0.132. The third-order valence-electron chi connectivity index (χ3n) is 5.05. The van der Waals surface area contributed by atoms with E-state index in [4.69, 9.17) is 0 Å². The van der Waals surface area contributed by atoms with Gasteiger partial charge in [-0.3, -0.25) is 4.79 Å². The Bertz CT molecular complexity index is 990. The molecule has 1 aliphatic rings. The van der Waals surface area contributed by atoms with Crippen LogP contribution in [0, 0.1) is 11.2 Å². The van der Waals surface area contributed by atoms with Crippen LogP contribution >= 0.6 is 11.3 Å². The SMILES string of the molecule is CNc1ccnc(N2CC(Cc3ccccc3F)(C(=O)NCc3cscn3)C2)n1. The average Bonchev–Trinajstić information content (AvgIpc) is 3.23. The van der Waals surface area contributed by atoms with E-state index in [0.717, 1.165) is 5.69 Å². The van der Waals surface area contributed by atoms with Gasteiger partial charge in [-0.15, -0.1) is 11.3 Å². The van der Waals surface area contributed by atoms with Gasteiger partial charge in [0.2, 0.25) is 11.9 Å². The first-order chi connectivity index (χ1) is 14.1. The second kappa shape index (κ2) is 8.12. The predicted molar refractivity (Wildman–Crippen MR) is 110 cm³/mol. The molecule has 0 radical (unpaired) electrons. The van der Waals surface area contributed by atoms with Gasteiger partial charge >= 0.3 is 0 Å². The maximum Gasteiger partial charge on any atom is 0.230 e. The molecule has 3 heterocycles. The number of carbonyl (C=O) groups excluding carboxylic acids is 1. The van der Waals surface area contributed by atoms with Crippen molar-refractivity contribution >= 4 is 29.0 Å². The molecule has 0 bridgehead atoms. The highest BCUT2D eigenvalue weighted by Crippen LogP contribution is 2.37. The number of hydrogen-bond donors (Lipinski definition) is 2. The second-order valence-electron chi connectivity index (χ2n) is 7.06. The number of halogens is 1. The molecule has 1 aromatic carbocycles. The fourth-order valence-corrected chi connectivity index (χ4v) is 4.05. The first-order valence-corrected chi connectivity index (χ1v) is 10.2. The third-order valence-corrected chi connectivity index (χ3v) is 5.69. The van der Waals surface area contributed by atoms with Crippen molar-refractivity contribution in [3.8, 4) is 0 Å². The monoisotopic (exact) mass is 412 g/mol. The molecule has 29 heavy (non-hydrogen) atoms. The molecule has 1 saturated heterocycles. The highest BCUT2D eigenvalue weighted by atomic mass is 32.1. The van der Waals surface area contributed by atoms with Crippen molar-refractivity contribution in [3.05, 3.63) is 64.5 Å². The molecule has 0 unspecified atom stereocenters. The minimum atomic E-state index is -0.753. The van der Waals surface area contributed by atoms with Gasteiger partial charge < -0.3 is 15.5 Å². The van der Waals surface area contributed by atoms with Crippen LogP contribution in [0.25, 0.3) is 0 Å². The summed E-state index contributed by atoms with van der Waals surface area (Å²) >= 11 is 1.48. The second-order valence-corrected chi connectivity index (χ2v) is 7.78. The van der Waals surface area contributed by atoms with Crippen LogP contribution in [-0.4, -0.2) is 41.0 Å². The number of anilines is 2. The van der Waals surface area contributed by atoms with Crippen LogP contribution in [0.4, 0.5) is 16.2 Å². The summed E-state index contributed by atoms with van der Waals surface area (Å²) in [5.41, 5.74) is 2.32. The van der Waals surface area contributed by atoms with Crippen molar-refractivity contribution in [2.75, 3.05) is 30.4 Å². The van der Waals surface area contributed by atoms with E-state index >= 15 is 0 Å². The Hall–Kier alpha value is -3.07. The number of amides is 1. The molecule has 0 saturated carbocycles. The summed E-state index contributed by atoms with van der Waals surface area (Å²) in [5.74, 6) is 0.837. The van der Waals surface area contributed by atoms with Gasteiger partial charge in [0.25, 0.3) is 0 Å². The van der Waals surface area contributed by atoms with Crippen LogP contribution in [0.5, 0.6) is 0 Å². The summed E-state index contributed by atoms with van der Waals surface area (Å²) in [4.78, 5) is 28.0. The molecule has 7 nitrogen and oxygen atoms in total. The molecule has 0 atom stereocenters. The van der Waals surface area contributed by atoms with Crippen molar-refractivity contribution in [2.24, 2.45) is 5.41 Å². The van der Waals surface area contributed by atoms with Gasteiger partial charge in [-0.05, 0) is 24.1 Å². The number of benzene rings is 1. The zero-order valence-electron chi connectivity index (χ0n) is 15.9. The number of carbonyl (C=O) groups is 1. The maximum absolute atomic E-state index is 14.3. The summed E-state index contributed by atoms with van der Waals surface area (Å²) < 4.78 is 14.3. The molecular weight excluding hydrogens is 391 g/mol. The highest BCUT2D eigenvalue weighted by molar-refractivity contribution is 7.07. The summed E-state index contributed by atoms with van der Waals surface area (Å²) in [7, 11) is 1.79.